The van der Waals surface area contributed by atoms with Crippen molar-refractivity contribution >= 4 is 5.97 Å². The van der Waals surface area contributed by atoms with E-state index in [2.05, 4.69) is 6.92 Å². The molecule has 1 N–H and O–H groups in total. The quantitative estimate of drug-likeness (QED) is 0.389. The fourth-order valence-corrected chi connectivity index (χ4v) is 2.03. The van der Waals surface area contributed by atoms with Crippen LogP contribution in [-0.2, 0) is 4.79 Å². The third-order valence-electron chi connectivity index (χ3n) is 2.93. The third-order valence-corrected chi connectivity index (χ3v) is 2.93. The van der Waals surface area contributed by atoms with E-state index in [1.165, 1.54) is 12.8 Å². The molecule has 0 saturated heterocycles. The molecule has 0 aromatic heterocycles. The molecular formula is C14H27NO3. The van der Waals surface area contributed by atoms with Crippen LogP contribution in [0.15, 0.2) is 12.0 Å². The van der Waals surface area contributed by atoms with Gasteiger partial charge in [0, 0.05) is 18.3 Å². The molecule has 4 heteroatoms. The molecule has 0 rings (SSSR count). The highest BCUT2D eigenvalue weighted by Crippen LogP contribution is 2.12. The van der Waals surface area contributed by atoms with Crippen LogP contribution in [-0.4, -0.2) is 36.2 Å². The molecule has 0 aliphatic rings. The zero-order valence-electron chi connectivity index (χ0n) is 12.1. The van der Waals surface area contributed by atoms with Gasteiger partial charge >= 0.3 is 0 Å². The first-order chi connectivity index (χ1) is 8.28. The van der Waals surface area contributed by atoms with Crippen LogP contribution in [0.4, 0.5) is 0 Å². The first-order valence-corrected chi connectivity index (χ1v) is 6.72. The molecule has 18 heavy (non-hydrogen) atoms. The van der Waals surface area contributed by atoms with Gasteiger partial charge in [-0.1, -0.05) is 33.1 Å². The Bertz CT molecular complexity index is 285. The Morgan fingerprint density at radius 3 is 2.44 bits per heavy atom. The molecule has 0 aromatic rings. The number of carbonyl (C=O) groups is 1. The van der Waals surface area contributed by atoms with Crippen molar-refractivity contribution in [3.8, 4) is 0 Å². The van der Waals surface area contributed by atoms with Gasteiger partial charge in [0.1, 0.15) is 12.0 Å². The number of carboxylic acid groups (broad SMARTS) is 1. The van der Waals surface area contributed by atoms with Gasteiger partial charge in [-0.15, -0.1) is 0 Å². The fourth-order valence-electron chi connectivity index (χ4n) is 2.03. The number of carboxylic acids is 1. The van der Waals surface area contributed by atoms with Gasteiger partial charge in [0.25, 0.3) is 0 Å². The zero-order chi connectivity index (χ0) is 14.2. The minimum atomic E-state index is -1.04. The lowest BCUT2D eigenvalue weighted by atomic mass is 10.1. The molecule has 1 unspecified atom stereocenters. The van der Waals surface area contributed by atoms with Gasteiger partial charge in [-0.2, -0.15) is 0 Å². The van der Waals surface area contributed by atoms with Gasteiger partial charge in [-0.25, -0.2) is 0 Å². The van der Waals surface area contributed by atoms with Gasteiger partial charge in [0.15, 0.2) is 0 Å². The van der Waals surface area contributed by atoms with E-state index in [4.69, 9.17) is 0 Å². The number of hydrogen-bond acceptors (Lipinski definition) is 3. The molecule has 0 aliphatic heterocycles. The lowest BCUT2D eigenvalue weighted by molar-refractivity contribution is -0.842. The highest BCUT2D eigenvalue weighted by atomic mass is 16.4. The van der Waals surface area contributed by atoms with Crippen molar-refractivity contribution in [3.05, 3.63) is 12.0 Å². The lowest BCUT2D eigenvalue weighted by Crippen LogP contribution is -2.43. The van der Waals surface area contributed by atoms with E-state index in [9.17, 15) is 15.0 Å². The predicted molar refractivity (Wildman–Crippen MR) is 70.6 cm³/mol. The number of nitrogens with zero attached hydrogens (tertiary/aromatic N) is 1. The summed E-state index contributed by atoms with van der Waals surface area (Å²) in [5.41, 5.74) is 0. The monoisotopic (exact) mass is 257 g/mol. The number of aliphatic hydroxyl groups is 1. The van der Waals surface area contributed by atoms with Crippen LogP contribution < -0.4 is 5.11 Å². The van der Waals surface area contributed by atoms with Crippen molar-refractivity contribution in [2.75, 3.05) is 20.6 Å². The van der Waals surface area contributed by atoms with Crippen LogP contribution in [0.2, 0.25) is 0 Å². The van der Waals surface area contributed by atoms with Gasteiger partial charge in [0.05, 0.1) is 20.6 Å². The van der Waals surface area contributed by atoms with Crippen LogP contribution >= 0.6 is 0 Å². The second-order valence-corrected chi connectivity index (χ2v) is 5.61. The summed E-state index contributed by atoms with van der Waals surface area (Å²) in [6, 6.07) is 0. The molecule has 106 valence electrons. The van der Waals surface area contributed by atoms with Crippen molar-refractivity contribution in [2.45, 2.75) is 46.0 Å². The smallest absolute Gasteiger partial charge is 0.145 e. The summed E-state index contributed by atoms with van der Waals surface area (Å²) >= 11 is 0. The minimum Gasteiger partial charge on any atom is -0.550 e. The average Bonchev–Trinajstić information content (AvgIpc) is 2.22. The fraction of sp³-hybridized carbons (Fsp3) is 0.786. The Labute approximate surface area is 111 Å². The molecule has 0 bridgehead atoms. The summed E-state index contributed by atoms with van der Waals surface area (Å²) in [4.78, 5) is 10.7. The number of aliphatic hydroxyl groups excluding tert-OH is 1. The van der Waals surface area contributed by atoms with Crippen LogP contribution in [0.25, 0.3) is 0 Å². The van der Waals surface area contributed by atoms with Crippen LogP contribution in [0.1, 0.15) is 46.0 Å². The summed E-state index contributed by atoms with van der Waals surface area (Å²) in [5.74, 6) is -1.22. The van der Waals surface area contributed by atoms with Crippen LogP contribution in [0.3, 0.4) is 0 Å². The Hall–Kier alpha value is -1.03. The van der Waals surface area contributed by atoms with E-state index in [0.717, 1.165) is 12.8 Å². The standard InChI is InChI=1S/C14H27NO3/c1-5-6-7-8-9-13(16)11-15(3,4)10-12(2)14(17)18/h11-12H,5-10H2,1-4H3,(H-,16,17,18)/b13-11-. The largest absolute Gasteiger partial charge is 0.550 e. The summed E-state index contributed by atoms with van der Waals surface area (Å²) in [6.45, 7) is 4.19. The number of carbonyl (C=O) groups excluding carboxylic acids is 1. The SMILES string of the molecule is CCCCCC/C(O)=C/[N+](C)(C)CC(C)C(=O)[O-]. The second kappa shape index (κ2) is 8.14. The molecular weight excluding hydrogens is 230 g/mol. The van der Waals surface area contributed by atoms with E-state index >= 15 is 0 Å². The van der Waals surface area contributed by atoms with E-state index in [0.29, 0.717) is 23.2 Å². The maximum absolute atomic E-state index is 10.7. The second-order valence-electron chi connectivity index (χ2n) is 5.61. The van der Waals surface area contributed by atoms with E-state index < -0.39 is 11.9 Å². The van der Waals surface area contributed by atoms with Crippen molar-refractivity contribution in [2.24, 2.45) is 5.92 Å². The molecule has 0 heterocycles. The van der Waals surface area contributed by atoms with Crippen LogP contribution in [0.5, 0.6) is 0 Å². The molecule has 1 atom stereocenters. The summed E-state index contributed by atoms with van der Waals surface area (Å²) in [6.07, 6.45) is 6.86. The summed E-state index contributed by atoms with van der Waals surface area (Å²) in [7, 11) is 3.75. The van der Waals surface area contributed by atoms with Gasteiger partial charge in [-0.3, -0.25) is 4.48 Å². The molecule has 4 nitrogen and oxygen atoms in total. The maximum atomic E-state index is 10.7. The van der Waals surface area contributed by atoms with Crippen LogP contribution in [0, 0.1) is 5.92 Å². The number of aliphatic carboxylic acids is 1. The van der Waals surface area contributed by atoms with Crippen molar-refractivity contribution < 1.29 is 19.5 Å². The lowest BCUT2D eigenvalue weighted by Gasteiger charge is -2.28. The molecule has 0 saturated carbocycles. The highest BCUT2D eigenvalue weighted by molar-refractivity contribution is 5.67. The number of quaternary nitrogens is 1. The van der Waals surface area contributed by atoms with Gasteiger partial charge in [-0.05, 0) is 6.42 Å². The average molecular weight is 257 g/mol. The van der Waals surface area contributed by atoms with Gasteiger partial charge < -0.3 is 15.0 Å². The van der Waals surface area contributed by atoms with Crippen molar-refractivity contribution in [1.82, 2.24) is 0 Å². The zero-order valence-corrected chi connectivity index (χ0v) is 12.1. The minimum absolute atomic E-state index is 0.349. The third kappa shape index (κ3) is 8.12. The molecule has 0 fully saturated rings. The van der Waals surface area contributed by atoms with Crippen molar-refractivity contribution in [1.29, 1.82) is 0 Å². The Balaban J connectivity index is 4.21. The summed E-state index contributed by atoms with van der Waals surface area (Å²) in [5, 5.41) is 20.5. The summed E-state index contributed by atoms with van der Waals surface area (Å²) < 4.78 is 0.356. The molecule has 0 radical (unpaired) electrons. The number of hydrogen-bond donors (Lipinski definition) is 1. The van der Waals surface area contributed by atoms with Gasteiger partial charge in [0.2, 0.25) is 0 Å². The molecule has 0 aliphatic carbocycles. The predicted octanol–water partition coefficient (Wildman–Crippen LogP) is 1.82. The van der Waals surface area contributed by atoms with Crippen molar-refractivity contribution in [3.63, 3.8) is 0 Å². The Morgan fingerprint density at radius 1 is 1.33 bits per heavy atom. The Kier molecular flexibility index (Phi) is 7.67. The number of allylic oxidation sites excluding steroid dienone is 1. The number of rotatable bonds is 9. The normalized spacial score (nSPS) is 14.6. The highest BCUT2D eigenvalue weighted by Gasteiger charge is 2.19. The number of unbranched alkanes of at least 4 members (excludes halogenated alkanes) is 3. The molecule has 0 amide bonds. The van der Waals surface area contributed by atoms with E-state index in [-0.39, 0.29) is 0 Å². The topological polar surface area (TPSA) is 60.4 Å². The maximum Gasteiger partial charge on any atom is 0.145 e. The van der Waals surface area contributed by atoms with E-state index in [1.807, 2.05) is 14.1 Å². The first kappa shape index (κ1) is 17.0. The Morgan fingerprint density at radius 2 is 1.94 bits per heavy atom. The molecule has 0 spiro atoms. The molecule has 0 aromatic carbocycles. The van der Waals surface area contributed by atoms with E-state index in [1.54, 1.807) is 13.1 Å². The first-order valence-electron chi connectivity index (χ1n) is 6.72.